The Kier molecular flexibility index (Phi) is 5.90. The molecule has 0 saturated heterocycles. The number of Topliss-reactive ketones (excluding diaryl/α,β-unsaturated/α-hetero) is 1. The van der Waals surface area contributed by atoms with Crippen molar-refractivity contribution in [2.24, 2.45) is 0 Å². The van der Waals surface area contributed by atoms with E-state index in [0.29, 0.717) is 18.2 Å². The Morgan fingerprint density at radius 1 is 1.36 bits per heavy atom. The lowest BCUT2D eigenvalue weighted by molar-refractivity contribution is -0.118. The second-order valence-corrected chi connectivity index (χ2v) is 8.18. The van der Waals surface area contributed by atoms with E-state index in [1.807, 2.05) is 12.1 Å². The van der Waals surface area contributed by atoms with Gasteiger partial charge in [-0.1, -0.05) is 11.8 Å². The van der Waals surface area contributed by atoms with E-state index < -0.39 is 0 Å². The average molecular weight is 379 g/mol. The number of aromatic nitrogens is 3. The van der Waals surface area contributed by atoms with Crippen LogP contribution < -0.4 is 5.32 Å². The molecule has 2 aromatic rings. The number of carbonyl (C=O) groups is 2. The van der Waals surface area contributed by atoms with Gasteiger partial charge in [-0.15, -0.1) is 21.5 Å². The van der Waals surface area contributed by atoms with Crippen LogP contribution in [0, 0.1) is 0 Å². The summed E-state index contributed by atoms with van der Waals surface area (Å²) in [6.07, 6.45) is 3.13. The summed E-state index contributed by atoms with van der Waals surface area (Å²) in [4.78, 5) is 25.2. The van der Waals surface area contributed by atoms with Crippen molar-refractivity contribution in [3.8, 4) is 0 Å². The molecule has 0 unspecified atom stereocenters. The zero-order chi connectivity index (χ0) is 17.8. The fourth-order valence-electron chi connectivity index (χ4n) is 2.57. The van der Waals surface area contributed by atoms with Gasteiger partial charge in [0.1, 0.15) is 5.82 Å². The molecule has 2 heterocycles. The zero-order valence-electron chi connectivity index (χ0n) is 14.4. The van der Waals surface area contributed by atoms with Crippen LogP contribution in [0.1, 0.15) is 53.0 Å². The smallest absolute Gasteiger partial charge is 0.216 e. The Balaban J connectivity index is 1.54. The van der Waals surface area contributed by atoms with E-state index >= 15 is 0 Å². The number of nitrogens with one attached hydrogen (secondary N) is 1. The molecule has 0 atom stereocenters. The molecule has 3 rings (SSSR count). The van der Waals surface area contributed by atoms with Crippen LogP contribution in [0.3, 0.4) is 0 Å². The molecule has 6 nitrogen and oxygen atoms in total. The first-order valence-corrected chi connectivity index (χ1v) is 10.3. The molecule has 1 saturated carbocycles. The molecular weight excluding hydrogens is 356 g/mol. The zero-order valence-corrected chi connectivity index (χ0v) is 16.1. The second kappa shape index (κ2) is 8.14. The first kappa shape index (κ1) is 18.1. The van der Waals surface area contributed by atoms with Crippen molar-refractivity contribution in [3.63, 3.8) is 0 Å². The number of nitrogens with zero attached hydrogens (tertiary/aromatic N) is 3. The van der Waals surface area contributed by atoms with Crippen LogP contribution in [-0.4, -0.2) is 38.8 Å². The lowest BCUT2D eigenvalue weighted by Gasteiger charge is -2.05. The fourth-order valence-corrected chi connectivity index (χ4v) is 4.50. The summed E-state index contributed by atoms with van der Waals surface area (Å²) >= 11 is 2.96. The lowest BCUT2D eigenvalue weighted by Crippen LogP contribution is -2.22. The van der Waals surface area contributed by atoms with Crippen molar-refractivity contribution in [3.05, 3.63) is 27.7 Å². The van der Waals surface area contributed by atoms with Gasteiger partial charge >= 0.3 is 0 Å². The number of thiophene rings is 1. The van der Waals surface area contributed by atoms with Crippen LogP contribution in [0.15, 0.2) is 17.3 Å². The number of carbonyl (C=O) groups excluding carboxylic acids is 2. The largest absolute Gasteiger partial charge is 0.356 e. The van der Waals surface area contributed by atoms with Crippen LogP contribution in [0.5, 0.6) is 0 Å². The summed E-state index contributed by atoms with van der Waals surface area (Å²) in [5.74, 6) is 2.07. The van der Waals surface area contributed by atoms with Crippen molar-refractivity contribution >= 4 is 34.8 Å². The van der Waals surface area contributed by atoms with Crippen molar-refractivity contribution in [1.29, 1.82) is 0 Å². The Morgan fingerprint density at radius 2 is 2.16 bits per heavy atom. The third kappa shape index (κ3) is 4.70. The molecular formula is C17H22N4O2S2. The predicted octanol–water partition coefficient (Wildman–Crippen LogP) is 2.89. The molecule has 1 aliphatic rings. The van der Waals surface area contributed by atoms with Gasteiger partial charge in [0.2, 0.25) is 5.91 Å². The maximum Gasteiger partial charge on any atom is 0.216 e. The minimum Gasteiger partial charge on any atom is -0.356 e. The molecule has 0 aliphatic heterocycles. The molecule has 8 heteroatoms. The minimum atomic E-state index is -0.0325. The monoisotopic (exact) mass is 378 g/mol. The molecule has 0 spiro atoms. The minimum absolute atomic E-state index is 0.0325. The number of hydrogen-bond acceptors (Lipinski definition) is 6. The van der Waals surface area contributed by atoms with Gasteiger partial charge in [-0.05, 0) is 38.3 Å². The van der Waals surface area contributed by atoms with E-state index in [1.165, 1.54) is 42.9 Å². The highest BCUT2D eigenvalue weighted by Crippen LogP contribution is 2.40. The maximum absolute atomic E-state index is 12.4. The standard InChI is InChI=1S/C17H22N4O2S2/c1-3-21-16(12-4-5-12)19-20-17(21)24-10-14(23)15-7-6-13(25-15)8-9-18-11(2)22/h6-7,12H,3-5,8-10H2,1-2H3,(H,18,22). The Hall–Kier alpha value is -1.67. The molecule has 25 heavy (non-hydrogen) atoms. The average Bonchev–Trinajstić information content (AvgIpc) is 3.17. The maximum atomic E-state index is 12.4. The van der Waals surface area contributed by atoms with Gasteiger partial charge in [-0.2, -0.15) is 0 Å². The van der Waals surface area contributed by atoms with Crippen molar-refractivity contribution in [2.75, 3.05) is 12.3 Å². The molecule has 0 radical (unpaired) electrons. The third-order valence-corrected chi connectivity index (χ3v) is 6.17. The molecule has 1 aliphatic carbocycles. The Morgan fingerprint density at radius 3 is 2.84 bits per heavy atom. The summed E-state index contributed by atoms with van der Waals surface area (Å²) in [5.41, 5.74) is 0. The van der Waals surface area contributed by atoms with Crippen molar-refractivity contribution < 1.29 is 9.59 Å². The van der Waals surface area contributed by atoms with Gasteiger partial charge in [0, 0.05) is 30.8 Å². The van der Waals surface area contributed by atoms with Gasteiger partial charge in [-0.3, -0.25) is 9.59 Å². The number of hydrogen-bond donors (Lipinski definition) is 1. The first-order valence-electron chi connectivity index (χ1n) is 8.50. The summed E-state index contributed by atoms with van der Waals surface area (Å²) < 4.78 is 2.13. The van der Waals surface area contributed by atoms with Gasteiger partial charge in [0.05, 0.1) is 10.6 Å². The highest BCUT2D eigenvalue weighted by Gasteiger charge is 2.30. The first-order chi connectivity index (χ1) is 12.1. The van der Waals surface area contributed by atoms with Crippen molar-refractivity contribution in [2.45, 2.75) is 50.7 Å². The normalized spacial score (nSPS) is 13.8. The van der Waals surface area contributed by atoms with Crippen LogP contribution in [0.25, 0.3) is 0 Å². The fraction of sp³-hybridized carbons (Fsp3) is 0.529. The quantitative estimate of drug-likeness (QED) is 0.536. The van der Waals surface area contributed by atoms with E-state index in [0.717, 1.165) is 33.7 Å². The Bertz CT molecular complexity index is 765. The number of rotatable bonds is 9. The van der Waals surface area contributed by atoms with Gasteiger partial charge in [0.15, 0.2) is 10.9 Å². The summed E-state index contributed by atoms with van der Waals surface area (Å²) in [7, 11) is 0. The topological polar surface area (TPSA) is 76.9 Å². The van der Waals surface area contributed by atoms with Crippen LogP contribution in [-0.2, 0) is 17.8 Å². The third-order valence-electron chi connectivity index (χ3n) is 4.02. The van der Waals surface area contributed by atoms with Crippen LogP contribution in [0.2, 0.25) is 0 Å². The van der Waals surface area contributed by atoms with Gasteiger partial charge < -0.3 is 9.88 Å². The van der Waals surface area contributed by atoms with E-state index in [1.54, 1.807) is 0 Å². The van der Waals surface area contributed by atoms with E-state index in [2.05, 4.69) is 27.0 Å². The number of ketones is 1. The molecule has 1 N–H and O–H groups in total. The SMILES string of the molecule is CCn1c(SCC(=O)c2ccc(CCNC(C)=O)s2)nnc1C1CC1. The highest BCUT2D eigenvalue weighted by atomic mass is 32.2. The number of thioether (sulfide) groups is 1. The van der Waals surface area contributed by atoms with Crippen LogP contribution in [0.4, 0.5) is 0 Å². The molecule has 0 aromatic carbocycles. The summed E-state index contributed by atoms with van der Waals surface area (Å²) in [5, 5.41) is 12.2. The van der Waals surface area contributed by atoms with Gasteiger partial charge in [-0.25, -0.2) is 0 Å². The predicted molar refractivity (Wildman–Crippen MR) is 99.4 cm³/mol. The lowest BCUT2D eigenvalue weighted by atomic mass is 10.3. The highest BCUT2D eigenvalue weighted by molar-refractivity contribution is 7.99. The van der Waals surface area contributed by atoms with E-state index in [9.17, 15) is 9.59 Å². The van der Waals surface area contributed by atoms with Crippen LogP contribution >= 0.6 is 23.1 Å². The molecule has 134 valence electrons. The summed E-state index contributed by atoms with van der Waals surface area (Å²) in [6.45, 7) is 5.02. The molecule has 0 bridgehead atoms. The second-order valence-electron chi connectivity index (χ2n) is 6.07. The summed E-state index contributed by atoms with van der Waals surface area (Å²) in [6, 6.07) is 3.83. The molecule has 1 fully saturated rings. The molecule has 2 aromatic heterocycles. The molecule has 1 amide bonds. The number of amides is 1. The van der Waals surface area contributed by atoms with Crippen molar-refractivity contribution in [1.82, 2.24) is 20.1 Å². The van der Waals surface area contributed by atoms with Gasteiger partial charge in [0.25, 0.3) is 0 Å². The Labute approximate surface area is 155 Å². The van der Waals surface area contributed by atoms with E-state index in [4.69, 9.17) is 0 Å². The van der Waals surface area contributed by atoms with E-state index in [-0.39, 0.29) is 11.7 Å².